The highest BCUT2D eigenvalue weighted by Gasteiger charge is 2.48. The van der Waals surface area contributed by atoms with Gasteiger partial charge in [0.05, 0.1) is 29.0 Å². The van der Waals surface area contributed by atoms with Crippen LogP contribution in [-0.2, 0) is 30.9 Å². The van der Waals surface area contributed by atoms with Crippen molar-refractivity contribution >= 4 is 29.3 Å². The Morgan fingerprint density at radius 3 is 2.57 bits per heavy atom. The van der Waals surface area contributed by atoms with Crippen LogP contribution in [0.25, 0.3) is 16.5 Å². The second-order valence-corrected chi connectivity index (χ2v) is 11.5. The van der Waals surface area contributed by atoms with Gasteiger partial charge >= 0.3 is 13.1 Å². The Labute approximate surface area is 217 Å². The highest BCUT2D eigenvalue weighted by Crippen LogP contribution is 2.33. The maximum Gasteiger partial charge on any atom is 0.495 e. The first-order valence-corrected chi connectivity index (χ1v) is 12.5. The number of hydrogen-bond acceptors (Lipinski definition) is 6. The highest BCUT2D eigenvalue weighted by molar-refractivity contribution is 6.62. The third-order valence-electron chi connectivity index (χ3n) is 6.77. The molecule has 0 radical (unpaired) electrons. The summed E-state index contributed by atoms with van der Waals surface area (Å²) in [5.74, 6) is -0.884. The summed E-state index contributed by atoms with van der Waals surface area (Å²) in [6.45, 7) is 15.2. The van der Waals surface area contributed by atoms with Crippen molar-refractivity contribution in [2.45, 2.75) is 79.1 Å². The molecule has 1 saturated heterocycles. The van der Waals surface area contributed by atoms with Gasteiger partial charge in [-0.25, -0.2) is 4.39 Å². The second-order valence-electron chi connectivity index (χ2n) is 11.5. The first-order chi connectivity index (χ1) is 17.2. The fraction of sp³-hybridized carbons (Fsp3) is 0.464. The molecule has 0 bridgehead atoms. The van der Waals surface area contributed by atoms with Gasteiger partial charge in [-0.15, -0.1) is 0 Å². The molecule has 1 aliphatic heterocycles. The van der Waals surface area contributed by atoms with Crippen molar-refractivity contribution in [3.63, 3.8) is 0 Å². The Bertz CT molecular complexity index is 1410. The lowest BCUT2D eigenvalue weighted by atomic mass is 9.75. The van der Waals surface area contributed by atoms with Crippen LogP contribution in [0.2, 0.25) is 0 Å². The van der Waals surface area contributed by atoms with Gasteiger partial charge in [0.25, 0.3) is 5.56 Å². The molecule has 0 amide bonds. The molecular formula is C28H34BFN2O5. The Balaban J connectivity index is 1.89. The molecule has 4 rings (SSSR count). The van der Waals surface area contributed by atoms with Crippen LogP contribution < -0.4 is 11.0 Å². The van der Waals surface area contributed by atoms with Gasteiger partial charge in [-0.05, 0) is 54.4 Å². The summed E-state index contributed by atoms with van der Waals surface area (Å²) in [5.41, 5.74) is 0.800. The Kier molecular flexibility index (Phi) is 7.07. The highest BCUT2D eigenvalue weighted by atomic mass is 19.1. The molecule has 1 aromatic heterocycles. The van der Waals surface area contributed by atoms with Crippen LogP contribution in [0.1, 0.15) is 66.5 Å². The van der Waals surface area contributed by atoms with Crippen LogP contribution in [0, 0.1) is 11.7 Å². The average molecular weight is 508 g/mol. The van der Waals surface area contributed by atoms with Crippen LogP contribution in [0.5, 0.6) is 0 Å². The lowest BCUT2D eigenvalue weighted by Gasteiger charge is -2.28. The number of benzene rings is 2. The van der Waals surface area contributed by atoms with Crippen LogP contribution in [0.4, 0.5) is 4.39 Å². The molecule has 3 aromatic rings. The predicted octanol–water partition coefficient (Wildman–Crippen LogP) is 4.43. The second kappa shape index (κ2) is 9.69. The van der Waals surface area contributed by atoms with Gasteiger partial charge in [0.15, 0.2) is 0 Å². The third-order valence-corrected chi connectivity index (χ3v) is 6.77. The zero-order valence-electron chi connectivity index (χ0n) is 22.7. The van der Waals surface area contributed by atoms with Gasteiger partial charge in [-0.2, -0.15) is 9.78 Å². The molecule has 1 fully saturated rings. The van der Waals surface area contributed by atoms with E-state index in [9.17, 15) is 9.59 Å². The van der Waals surface area contributed by atoms with Gasteiger partial charge in [-0.3, -0.25) is 9.59 Å². The van der Waals surface area contributed by atoms with Gasteiger partial charge in [-0.1, -0.05) is 46.8 Å². The number of fused-ring (bicyclic) bond motifs is 1. The summed E-state index contributed by atoms with van der Waals surface area (Å²) in [4.78, 5) is 25.3. The molecule has 37 heavy (non-hydrogen) atoms. The van der Waals surface area contributed by atoms with Gasteiger partial charge in [0, 0.05) is 17.9 Å². The predicted molar refractivity (Wildman–Crippen MR) is 142 cm³/mol. The molecule has 7 nitrogen and oxygen atoms in total. The Morgan fingerprint density at radius 1 is 1.27 bits per heavy atom. The van der Waals surface area contributed by atoms with E-state index in [1.165, 1.54) is 19.2 Å². The normalized spacial score (nSPS) is 17.6. The first kappa shape index (κ1) is 27.0. The minimum absolute atomic E-state index is 0.0544. The lowest BCUT2D eigenvalue weighted by Crippen LogP contribution is -2.38. The Morgan fingerprint density at radius 2 is 1.97 bits per heavy atom. The fourth-order valence-electron chi connectivity index (χ4n) is 4.95. The maximum absolute atomic E-state index is 15.3. The summed E-state index contributed by atoms with van der Waals surface area (Å²) < 4.78 is 34.3. The molecule has 0 N–H and O–H groups in total. The molecule has 0 saturated carbocycles. The Hall–Kier alpha value is -3.04. The number of rotatable bonds is 5. The van der Waals surface area contributed by atoms with E-state index in [1.807, 2.05) is 40.7 Å². The molecule has 0 spiro atoms. The molecule has 9 heteroatoms. The zero-order chi connectivity index (χ0) is 27.3. The summed E-state index contributed by atoms with van der Waals surface area (Å²) in [6.07, 6.45) is 1.31. The van der Waals surface area contributed by atoms with E-state index < -0.39 is 30.1 Å². The number of ether oxygens (including phenoxy) is 1. The van der Waals surface area contributed by atoms with Crippen LogP contribution in [0.15, 0.2) is 41.3 Å². The number of nitrogens with zero attached hydrogens (tertiary/aromatic N) is 2. The zero-order valence-corrected chi connectivity index (χ0v) is 22.7. The van der Waals surface area contributed by atoms with Gasteiger partial charge in [0.1, 0.15) is 12.4 Å². The number of aromatic nitrogens is 2. The molecule has 1 aliphatic rings. The minimum Gasteiger partial charge on any atom is -0.461 e. The van der Waals surface area contributed by atoms with Crippen molar-refractivity contribution in [3.8, 4) is 5.69 Å². The summed E-state index contributed by atoms with van der Waals surface area (Å²) in [6, 6.07) is 8.44. The number of halogens is 1. The van der Waals surface area contributed by atoms with E-state index in [0.29, 0.717) is 22.1 Å². The lowest BCUT2D eigenvalue weighted by molar-refractivity contribution is -0.142. The van der Waals surface area contributed by atoms with Crippen LogP contribution in [-0.4, -0.2) is 34.6 Å². The van der Waals surface area contributed by atoms with Crippen molar-refractivity contribution in [1.29, 1.82) is 0 Å². The SMILES string of the molecule is CC(=O)OCc1c(B2OC(C(C)C)C(C)(C)O2)cccc1-n1ncc2cc(C(C)(C)C)cc(F)c2c1=O. The van der Waals surface area contributed by atoms with Crippen molar-refractivity contribution < 1.29 is 23.2 Å². The average Bonchev–Trinajstić information content (AvgIpc) is 3.12. The number of carbonyl (C=O) groups excluding carboxylic acids is 1. The summed E-state index contributed by atoms with van der Waals surface area (Å²) in [5, 5.41) is 4.75. The monoisotopic (exact) mass is 508 g/mol. The van der Waals surface area contributed by atoms with Crippen molar-refractivity contribution in [2.75, 3.05) is 0 Å². The fourth-order valence-corrected chi connectivity index (χ4v) is 4.95. The van der Waals surface area contributed by atoms with E-state index in [0.717, 1.165) is 10.2 Å². The number of carbonyl (C=O) groups is 1. The number of esters is 1. The largest absolute Gasteiger partial charge is 0.495 e. The van der Waals surface area contributed by atoms with Gasteiger partial charge in [0.2, 0.25) is 0 Å². The van der Waals surface area contributed by atoms with E-state index in [1.54, 1.807) is 18.2 Å². The van der Waals surface area contributed by atoms with Crippen molar-refractivity contribution in [1.82, 2.24) is 9.78 Å². The van der Waals surface area contributed by atoms with E-state index >= 15 is 4.39 Å². The molecule has 0 aliphatic carbocycles. The van der Waals surface area contributed by atoms with E-state index in [4.69, 9.17) is 14.0 Å². The van der Waals surface area contributed by atoms with E-state index in [2.05, 4.69) is 18.9 Å². The summed E-state index contributed by atoms with van der Waals surface area (Å²) >= 11 is 0. The molecule has 2 aromatic carbocycles. The van der Waals surface area contributed by atoms with Crippen LogP contribution >= 0.6 is 0 Å². The topological polar surface area (TPSA) is 79.7 Å². The third kappa shape index (κ3) is 5.20. The van der Waals surface area contributed by atoms with Crippen molar-refractivity contribution in [3.05, 3.63) is 63.8 Å². The maximum atomic E-state index is 15.3. The molecule has 1 atom stereocenters. The van der Waals surface area contributed by atoms with Crippen LogP contribution in [0.3, 0.4) is 0 Å². The standard InChI is InChI=1S/C28H34BFN2O5/c1-16(2)25-28(7,8)37-29(36-25)21-10-9-11-23(20(21)15-35-17(3)33)32-26(34)24-18(14-31-32)12-19(13-22(24)30)27(4,5)6/h9-14,16,25H,15H2,1-8H3. The molecule has 196 valence electrons. The number of hydrogen-bond donors (Lipinski definition) is 0. The van der Waals surface area contributed by atoms with Crippen molar-refractivity contribution in [2.24, 2.45) is 5.92 Å². The van der Waals surface area contributed by atoms with E-state index in [-0.39, 0.29) is 29.4 Å². The van der Waals surface area contributed by atoms with Gasteiger partial charge < -0.3 is 14.0 Å². The quantitative estimate of drug-likeness (QED) is 0.375. The molecular weight excluding hydrogens is 474 g/mol. The molecule has 1 unspecified atom stereocenters. The summed E-state index contributed by atoms with van der Waals surface area (Å²) in [7, 11) is -0.741. The smallest absolute Gasteiger partial charge is 0.461 e. The molecule has 2 heterocycles. The minimum atomic E-state index is -0.741. The first-order valence-electron chi connectivity index (χ1n) is 12.5.